The molecular formula is C18H21ClN6O2S. The van der Waals surface area contributed by atoms with E-state index in [1.165, 1.54) is 11.8 Å². The van der Waals surface area contributed by atoms with Crippen molar-refractivity contribution in [3.63, 3.8) is 0 Å². The number of benzene rings is 1. The Labute approximate surface area is 172 Å². The molecule has 10 heteroatoms. The van der Waals surface area contributed by atoms with Gasteiger partial charge in [-0.25, -0.2) is 14.6 Å². The summed E-state index contributed by atoms with van der Waals surface area (Å²) in [5, 5.41) is 12.4. The third-order valence-electron chi connectivity index (χ3n) is 3.98. The molecule has 0 unspecified atom stereocenters. The van der Waals surface area contributed by atoms with Crippen molar-refractivity contribution in [3.8, 4) is 0 Å². The fourth-order valence-corrected chi connectivity index (χ4v) is 3.19. The molecule has 0 aliphatic rings. The third kappa shape index (κ3) is 4.73. The van der Waals surface area contributed by atoms with Gasteiger partial charge < -0.3 is 15.4 Å². The fraction of sp³-hybridized carbons (Fsp3) is 0.333. The number of halogens is 1. The van der Waals surface area contributed by atoms with Crippen LogP contribution in [0, 0.1) is 0 Å². The van der Waals surface area contributed by atoms with Crippen LogP contribution in [-0.4, -0.2) is 58.7 Å². The van der Waals surface area contributed by atoms with Crippen molar-refractivity contribution < 1.29 is 9.53 Å². The predicted octanol–water partition coefficient (Wildman–Crippen LogP) is 2.69. The number of hydrogen-bond donors (Lipinski definition) is 2. The summed E-state index contributed by atoms with van der Waals surface area (Å²) in [5.74, 6) is 0.501. The Morgan fingerprint density at radius 1 is 1.29 bits per heavy atom. The van der Waals surface area contributed by atoms with Gasteiger partial charge in [0, 0.05) is 20.2 Å². The van der Waals surface area contributed by atoms with Gasteiger partial charge in [0.2, 0.25) is 0 Å². The topological polar surface area (TPSA) is 94.0 Å². The van der Waals surface area contributed by atoms with E-state index in [2.05, 4.69) is 25.7 Å². The van der Waals surface area contributed by atoms with Gasteiger partial charge in [0.05, 0.1) is 35.3 Å². The quantitative estimate of drug-likeness (QED) is 0.312. The monoisotopic (exact) mass is 420 g/mol. The van der Waals surface area contributed by atoms with Gasteiger partial charge in [-0.1, -0.05) is 35.5 Å². The summed E-state index contributed by atoms with van der Waals surface area (Å²) in [4.78, 5) is 21.4. The number of carbonyl (C=O) groups is 1. The van der Waals surface area contributed by atoms with Gasteiger partial charge in [0.25, 0.3) is 5.91 Å². The minimum Gasteiger partial charge on any atom is -0.383 e. The number of carbonyl (C=O) groups excluding carboxylic acids is 1. The molecular weight excluding hydrogens is 400 g/mol. The first-order chi connectivity index (χ1) is 13.6. The second-order valence-corrected chi connectivity index (χ2v) is 7.00. The molecule has 1 aromatic carbocycles. The first-order valence-electron chi connectivity index (χ1n) is 8.67. The Morgan fingerprint density at radius 3 is 2.86 bits per heavy atom. The van der Waals surface area contributed by atoms with Gasteiger partial charge in [-0.15, -0.1) is 0 Å². The normalized spacial score (nSPS) is 11.0. The van der Waals surface area contributed by atoms with E-state index in [9.17, 15) is 4.79 Å². The Morgan fingerprint density at radius 2 is 2.11 bits per heavy atom. The molecule has 148 valence electrons. The highest BCUT2D eigenvalue weighted by atomic mass is 35.5. The van der Waals surface area contributed by atoms with Gasteiger partial charge >= 0.3 is 0 Å². The largest absolute Gasteiger partial charge is 0.383 e. The van der Waals surface area contributed by atoms with Crippen molar-refractivity contribution >= 4 is 46.1 Å². The van der Waals surface area contributed by atoms with E-state index in [4.69, 9.17) is 16.3 Å². The van der Waals surface area contributed by atoms with Gasteiger partial charge in [0.15, 0.2) is 10.8 Å². The molecule has 2 N–H and O–H groups in total. The van der Waals surface area contributed by atoms with Gasteiger partial charge in [-0.2, -0.15) is 5.10 Å². The van der Waals surface area contributed by atoms with Crippen molar-refractivity contribution in [2.75, 3.05) is 38.4 Å². The number of nitrogens with one attached hydrogen (secondary N) is 2. The summed E-state index contributed by atoms with van der Waals surface area (Å²) in [6, 6.07) is 6.95. The van der Waals surface area contributed by atoms with Crippen LogP contribution in [0.3, 0.4) is 0 Å². The summed E-state index contributed by atoms with van der Waals surface area (Å²) in [6.45, 7) is 2.08. The van der Waals surface area contributed by atoms with Crippen molar-refractivity contribution in [1.82, 2.24) is 25.1 Å². The summed E-state index contributed by atoms with van der Waals surface area (Å²) in [6.07, 6.45) is 3.65. The van der Waals surface area contributed by atoms with Crippen LogP contribution in [0.15, 0.2) is 35.6 Å². The molecule has 1 amide bonds. The van der Waals surface area contributed by atoms with E-state index < -0.39 is 0 Å². The molecule has 2 aromatic heterocycles. The molecule has 0 bridgehead atoms. The fourth-order valence-electron chi connectivity index (χ4n) is 2.61. The molecule has 0 aliphatic carbocycles. The van der Waals surface area contributed by atoms with Crippen LogP contribution >= 0.6 is 23.4 Å². The number of hydrogen-bond acceptors (Lipinski definition) is 7. The molecule has 0 saturated carbocycles. The maximum atomic E-state index is 12.3. The Bertz CT molecular complexity index is 964. The maximum Gasteiger partial charge on any atom is 0.252 e. The number of nitrogens with zero attached hydrogens (tertiary/aromatic N) is 4. The Kier molecular flexibility index (Phi) is 7.07. The van der Waals surface area contributed by atoms with Crippen LogP contribution in [0.4, 0.5) is 5.82 Å². The molecule has 3 rings (SSSR count). The van der Waals surface area contributed by atoms with E-state index in [-0.39, 0.29) is 5.91 Å². The van der Waals surface area contributed by atoms with E-state index in [1.807, 2.05) is 6.26 Å². The van der Waals surface area contributed by atoms with Gasteiger partial charge in [-0.05, 0) is 18.4 Å². The average molecular weight is 421 g/mol. The van der Waals surface area contributed by atoms with Gasteiger partial charge in [0.1, 0.15) is 5.82 Å². The van der Waals surface area contributed by atoms with E-state index in [0.717, 1.165) is 11.2 Å². The van der Waals surface area contributed by atoms with Crippen molar-refractivity contribution in [2.45, 2.75) is 11.7 Å². The maximum absolute atomic E-state index is 12.3. The lowest BCUT2D eigenvalue weighted by atomic mass is 10.2. The first-order valence-corrected chi connectivity index (χ1v) is 10.3. The van der Waals surface area contributed by atoms with Crippen molar-refractivity contribution in [2.24, 2.45) is 0 Å². The van der Waals surface area contributed by atoms with Gasteiger partial charge in [-0.3, -0.25) is 4.79 Å². The second-order valence-electron chi connectivity index (χ2n) is 5.82. The number of methoxy groups -OCH3 is 1. The summed E-state index contributed by atoms with van der Waals surface area (Å²) >= 11 is 7.52. The molecule has 0 spiro atoms. The highest BCUT2D eigenvalue weighted by Gasteiger charge is 2.13. The van der Waals surface area contributed by atoms with E-state index in [0.29, 0.717) is 47.6 Å². The lowest BCUT2D eigenvalue weighted by molar-refractivity contribution is 0.0952. The van der Waals surface area contributed by atoms with Crippen LogP contribution < -0.4 is 10.6 Å². The lowest BCUT2D eigenvalue weighted by Gasteiger charge is -2.09. The number of anilines is 1. The summed E-state index contributed by atoms with van der Waals surface area (Å²) in [5.41, 5.74) is 1.16. The highest BCUT2D eigenvalue weighted by Crippen LogP contribution is 2.23. The first kappa shape index (κ1) is 20.4. The molecule has 8 nitrogen and oxygen atoms in total. The molecule has 3 aromatic rings. The molecule has 0 saturated heterocycles. The zero-order valence-electron chi connectivity index (χ0n) is 15.6. The van der Waals surface area contributed by atoms with Crippen LogP contribution in [-0.2, 0) is 11.3 Å². The molecule has 0 aliphatic heterocycles. The molecule has 0 atom stereocenters. The van der Waals surface area contributed by atoms with Crippen LogP contribution in [0.1, 0.15) is 10.4 Å². The standard InChI is InChI=1S/C18H21ClN6O2S/c1-27-10-8-20-15-13-11-22-25(16(13)24-18(23-15)28-2)9-7-21-17(26)12-5-3-4-6-14(12)19/h3-6,11H,7-10H2,1-2H3,(H,21,26)(H,20,23,24). The second kappa shape index (κ2) is 9.72. The minimum atomic E-state index is -0.219. The molecule has 28 heavy (non-hydrogen) atoms. The number of thioether (sulfide) groups is 1. The Balaban J connectivity index is 1.72. The van der Waals surface area contributed by atoms with Crippen LogP contribution in [0.2, 0.25) is 5.02 Å². The number of aromatic nitrogens is 4. The lowest BCUT2D eigenvalue weighted by Crippen LogP contribution is -2.27. The predicted molar refractivity (Wildman–Crippen MR) is 111 cm³/mol. The zero-order valence-corrected chi connectivity index (χ0v) is 17.2. The smallest absolute Gasteiger partial charge is 0.252 e. The number of ether oxygens (including phenoxy) is 1. The van der Waals surface area contributed by atoms with E-state index in [1.54, 1.807) is 42.3 Å². The van der Waals surface area contributed by atoms with Crippen molar-refractivity contribution in [1.29, 1.82) is 0 Å². The van der Waals surface area contributed by atoms with Crippen LogP contribution in [0.5, 0.6) is 0 Å². The SMILES string of the molecule is COCCNc1nc(SC)nc2c1cnn2CCNC(=O)c1ccccc1Cl. The number of rotatable bonds is 9. The number of amides is 1. The van der Waals surface area contributed by atoms with Crippen LogP contribution in [0.25, 0.3) is 11.0 Å². The third-order valence-corrected chi connectivity index (χ3v) is 4.86. The molecule has 2 heterocycles. The molecule has 0 radical (unpaired) electrons. The summed E-state index contributed by atoms with van der Waals surface area (Å²) < 4.78 is 6.83. The zero-order chi connectivity index (χ0) is 19.9. The van der Waals surface area contributed by atoms with E-state index >= 15 is 0 Å². The summed E-state index contributed by atoms with van der Waals surface area (Å²) in [7, 11) is 1.65. The molecule has 0 fully saturated rings. The Hall–Kier alpha value is -2.36. The number of fused-ring (bicyclic) bond motifs is 1. The van der Waals surface area contributed by atoms with Crippen molar-refractivity contribution in [3.05, 3.63) is 41.0 Å². The minimum absolute atomic E-state index is 0.219. The average Bonchev–Trinajstić information content (AvgIpc) is 3.11. The highest BCUT2D eigenvalue weighted by molar-refractivity contribution is 7.98.